The molecule has 4 rings (SSSR count). The Kier molecular flexibility index (Phi) is 5.52. The van der Waals surface area contributed by atoms with Crippen molar-refractivity contribution in [2.24, 2.45) is 5.92 Å². The molecule has 0 aromatic heterocycles. The number of halogens is 1. The molecule has 2 N–H and O–H groups in total. The van der Waals surface area contributed by atoms with Crippen LogP contribution in [0.15, 0.2) is 48.0 Å². The zero-order chi connectivity index (χ0) is 23.0. The molecule has 0 bridgehead atoms. The van der Waals surface area contributed by atoms with Gasteiger partial charge in [-0.05, 0) is 42.7 Å². The first-order valence-corrected chi connectivity index (χ1v) is 10.1. The second-order valence-electron chi connectivity index (χ2n) is 7.84. The molecule has 1 unspecified atom stereocenters. The molecule has 1 aliphatic heterocycles. The number of hydrogen-bond donors (Lipinski definition) is 2. The van der Waals surface area contributed by atoms with E-state index in [1.807, 2.05) is 0 Å². The van der Waals surface area contributed by atoms with E-state index >= 15 is 0 Å². The van der Waals surface area contributed by atoms with Crippen LogP contribution in [0.3, 0.4) is 0 Å². The fourth-order valence-electron chi connectivity index (χ4n) is 3.95. The number of aryl methyl sites for hydroxylation is 1. The Bertz CT molecular complexity index is 1210. The SMILES string of the molecule is Cc1cc(F)cc(C(=O)NCc2cccc3c2C(=O)C(=CC2CCC(=O)NC2=O)C3=O)c1. The summed E-state index contributed by atoms with van der Waals surface area (Å²) in [7, 11) is 0. The van der Waals surface area contributed by atoms with E-state index < -0.39 is 35.1 Å². The number of amides is 3. The van der Waals surface area contributed by atoms with Gasteiger partial charge in [0.2, 0.25) is 11.8 Å². The van der Waals surface area contributed by atoms with Crippen molar-refractivity contribution in [1.82, 2.24) is 10.6 Å². The third-order valence-electron chi connectivity index (χ3n) is 5.51. The van der Waals surface area contributed by atoms with Gasteiger partial charge in [0, 0.05) is 29.7 Å². The molecule has 7 nitrogen and oxygen atoms in total. The molecular formula is C24H19FN2O5. The maximum Gasteiger partial charge on any atom is 0.251 e. The molecule has 1 aliphatic carbocycles. The van der Waals surface area contributed by atoms with Crippen LogP contribution < -0.4 is 10.6 Å². The van der Waals surface area contributed by atoms with Gasteiger partial charge in [-0.2, -0.15) is 0 Å². The van der Waals surface area contributed by atoms with Gasteiger partial charge in [-0.25, -0.2) is 4.39 Å². The van der Waals surface area contributed by atoms with E-state index in [1.165, 1.54) is 18.2 Å². The monoisotopic (exact) mass is 434 g/mol. The molecule has 2 aromatic rings. The Labute approximate surface area is 182 Å². The highest BCUT2D eigenvalue weighted by Crippen LogP contribution is 2.31. The summed E-state index contributed by atoms with van der Waals surface area (Å²) in [4.78, 5) is 61.7. The molecule has 1 saturated heterocycles. The lowest BCUT2D eigenvalue weighted by Gasteiger charge is -2.17. The number of allylic oxidation sites excluding steroid dienone is 1. The highest BCUT2D eigenvalue weighted by molar-refractivity contribution is 6.40. The van der Waals surface area contributed by atoms with Crippen molar-refractivity contribution in [1.29, 1.82) is 0 Å². The standard InChI is InChI=1S/C24H19FN2O5/c1-12-7-15(9-16(25)8-12)23(31)26-11-14-3-2-4-17-20(14)22(30)18(21(17)29)10-13-5-6-19(28)27-24(13)32/h2-4,7-10,13H,5-6,11H2,1H3,(H,26,31)(H,27,28,32). The van der Waals surface area contributed by atoms with Crippen LogP contribution in [0, 0.1) is 18.7 Å². The Morgan fingerprint density at radius 1 is 1.16 bits per heavy atom. The molecular weight excluding hydrogens is 415 g/mol. The van der Waals surface area contributed by atoms with Crippen LogP contribution >= 0.6 is 0 Å². The first-order valence-electron chi connectivity index (χ1n) is 10.1. The second kappa shape index (κ2) is 8.30. The maximum absolute atomic E-state index is 13.6. The normalized spacial score (nSPS) is 19.2. The molecule has 162 valence electrons. The van der Waals surface area contributed by atoms with Crippen molar-refractivity contribution in [2.45, 2.75) is 26.3 Å². The van der Waals surface area contributed by atoms with E-state index in [1.54, 1.807) is 25.1 Å². The van der Waals surface area contributed by atoms with Crippen molar-refractivity contribution < 1.29 is 28.4 Å². The van der Waals surface area contributed by atoms with E-state index in [2.05, 4.69) is 10.6 Å². The van der Waals surface area contributed by atoms with Gasteiger partial charge in [-0.15, -0.1) is 0 Å². The number of benzene rings is 2. The predicted octanol–water partition coefficient (Wildman–Crippen LogP) is 2.42. The minimum atomic E-state index is -0.746. The number of fused-ring (bicyclic) bond motifs is 1. The van der Waals surface area contributed by atoms with Gasteiger partial charge >= 0.3 is 0 Å². The van der Waals surface area contributed by atoms with Crippen LogP contribution in [-0.2, 0) is 16.1 Å². The Morgan fingerprint density at radius 3 is 2.66 bits per heavy atom. The summed E-state index contributed by atoms with van der Waals surface area (Å²) in [5.41, 5.74) is 1.44. The lowest BCUT2D eigenvalue weighted by atomic mass is 9.94. The van der Waals surface area contributed by atoms with E-state index in [4.69, 9.17) is 0 Å². The lowest BCUT2D eigenvalue weighted by Crippen LogP contribution is -2.40. The highest BCUT2D eigenvalue weighted by atomic mass is 19.1. The third-order valence-corrected chi connectivity index (χ3v) is 5.51. The number of rotatable bonds is 4. The summed E-state index contributed by atoms with van der Waals surface area (Å²) in [6.45, 7) is 1.63. The number of carbonyl (C=O) groups excluding carboxylic acids is 5. The van der Waals surface area contributed by atoms with Gasteiger partial charge in [0.15, 0.2) is 11.6 Å². The maximum atomic E-state index is 13.6. The zero-order valence-electron chi connectivity index (χ0n) is 17.2. The molecule has 1 fully saturated rings. The van der Waals surface area contributed by atoms with Crippen LogP contribution in [0.2, 0.25) is 0 Å². The molecule has 0 spiro atoms. The first kappa shape index (κ1) is 21.3. The van der Waals surface area contributed by atoms with Crippen LogP contribution in [-0.4, -0.2) is 29.3 Å². The average Bonchev–Trinajstić information content (AvgIpc) is 2.98. The molecule has 3 amide bonds. The number of piperidine rings is 1. The smallest absolute Gasteiger partial charge is 0.251 e. The Balaban J connectivity index is 1.57. The van der Waals surface area contributed by atoms with Crippen molar-refractivity contribution in [2.75, 3.05) is 0 Å². The third kappa shape index (κ3) is 3.99. The first-order chi connectivity index (χ1) is 15.2. The average molecular weight is 434 g/mol. The molecule has 2 aromatic carbocycles. The summed E-state index contributed by atoms with van der Waals surface area (Å²) in [5, 5.41) is 4.86. The number of carbonyl (C=O) groups is 5. The molecule has 32 heavy (non-hydrogen) atoms. The predicted molar refractivity (Wildman–Crippen MR) is 111 cm³/mol. The molecule has 2 aliphatic rings. The van der Waals surface area contributed by atoms with Gasteiger partial charge in [0.05, 0.1) is 11.5 Å². The summed E-state index contributed by atoms with van der Waals surface area (Å²) in [5.74, 6) is -3.73. The van der Waals surface area contributed by atoms with Gasteiger partial charge in [-0.1, -0.05) is 24.3 Å². The Morgan fingerprint density at radius 2 is 1.94 bits per heavy atom. The van der Waals surface area contributed by atoms with Crippen LogP contribution in [0.25, 0.3) is 0 Å². The fourth-order valence-corrected chi connectivity index (χ4v) is 3.95. The fraction of sp³-hybridized carbons (Fsp3) is 0.208. The van der Waals surface area contributed by atoms with Gasteiger partial charge in [0.25, 0.3) is 5.91 Å². The summed E-state index contributed by atoms with van der Waals surface area (Å²) >= 11 is 0. The quantitative estimate of drug-likeness (QED) is 0.436. The van der Waals surface area contributed by atoms with Gasteiger partial charge in [0.1, 0.15) is 5.82 Å². The molecule has 0 radical (unpaired) electrons. The number of nitrogens with one attached hydrogen (secondary N) is 2. The van der Waals surface area contributed by atoms with E-state index in [0.717, 1.165) is 6.07 Å². The second-order valence-corrected chi connectivity index (χ2v) is 7.84. The Hall–Kier alpha value is -3.94. The van der Waals surface area contributed by atoms with Gasteiger partial charge in [-0.3, -0.25) is 29.3 Å². The van der Waals surface area contributed by atoms with E-state index in [-0.39, 0.29) is 47.6 Å². The molecule has 8 heteroatoms. The van der Waals surface area contributed by atoms with Crippen LogP contribution in [0.1, 0.15) is 55.0 Å². The minimum absolute atomic E-state index is 0.0394. The van der Waals surface area contributed by atoms with Crippen molar-refractivity contribution >= 4 is 29.3 Å². The number of ketones is 2. The van der Waals surface area contributed by atoms with Crippen molar-refractivity contribution in [3.8, 4) is 0 Å². The zero-order valence-corrected chi connectivity index (χ0v) is 17.2. The van der Waals surface area contributed by atoms with E-state index in [9.17, 15) is 28.4 Å². The molecule has 1 atom stereocenters. The number of hydrogen-bond acceptors (Lipinski definition) is 5. The lowest BCUT2D eigenvalue weighted by molar-refractivity contribution is -0.135. The van der Waals surface area contributed by atoms with Gasteiger partial charge < -0.3 is 5.32 Å². The minimum Gasteiger partial charge on any atom is -0.348 e. The van der Waals surface area contributed by atoms with Crippen molar-refractivity contribution in [3.05, 3.63) is 81.7 Å². The number of Topliss-reactive ketones (excluding diaryl/α,β-unsaturated/α-hetero) is 2. The topological polar surface area (TPSA) is 109 Å². The highest BCUT2D eigenvalue weighted by Gasteiger charge is 2.37. The van der Waals surface area contributed by atoms with Crippen LogP contribution in [0.5, 0.6) is 0 Å². The summed E-state index contributed by atoms with van der Waals surface area (Å²) in [6.07, 6.45) is 1.68. The van der Waals surface area contributed by atoms with Crippen LogP contribution in [0.4, 0.5) is 4.39 Å². The largest absolute Gasteiger partial charge is 0.348 e. The van der Waals surface area contributed by atoms with E-state index in [0.29, 0.717) is 11.1 Å². The molecule has 0 saturated carbocycles. The number of imide groups is 1. The summed E-state index contributed by atoms with van der Waals surface area (Å²) in [6, 6.07) is 8.71. The summed E-state index contributed by atoms with van der Waals surface area (Å²) < 4.78 is 13.6. The molecule has 1 heterocycles. The van der Waals surface area contributed by atoms with Crippen molar-refractivity contribution in [3.63, 3.8) is 0 Å².